The molecule has 3 rings (SSSR count). The minimum Gasteiger partial charge on any atom is -0.391 e. The third kappa shape index (κ3) is 1.45. The Morgan fingerprint density at radius 3 is 2.76 bits per heavy atom. The van der Waals surface area contributed by atoms with E-state index in [1.54, 1.807) is 0 Å². The summed E-state index contributed by atoms with van der Waals surface area (Å²) in [5.41, 5.74) is 0.197. The van der Waals surface area contributed by atoms with Gasteiger partial charge in [-0.3, -0.25) is 0 Å². The van der Waals surface area contributed by atoms with E-state index in [0.717, 1.165) is 5.56 Å². The van der Waals surface area contributed by atoms with Crippen LogP contribution in [0.15, 0.2) is 36.7 Å². The third-order valence-electron chi connectivity index (χ3n) is 3.16. The number of ether oxygens (including phenoxy) is 1. The fraction of sp³-hybridized carbons (Fsp3) is 0.364. The van der Waals surface area contributed by atoms with E-state index in [-0.39, 0.29) is 12.5 Å². The first kappa shape index (κ1) is 10.4. The van der Waals surface area contributed by atoms with Crippen LogP contribution in [-0.4, -0.2) is 38.5 Å². The highest BCUT2D eigenvalue weighted by molar-refractivity contribution is 5.24. The molecule has 0 radical (unpaired) electrons. The molecule has 2 heterocycles. The molecule has 0 aliphatic carbocycles. The second-order valence-corrected chi connectivity index (χ2v) is 4.00. The summed E-state index contributed by atoms with van der Waals surface area (Å²) in [6, 6.07) is 9.90. The SMILES string of the molecule is OCC1(n2ncnn2)OCC1c1ccccc1. The first-order valence-corrected chi connectivity index (χ1v) is 5.40. The number of hydrogen-bond donors (Lipinski definition) is 1. The number of nitrogens with zero attached hydrogens (tertiary/aromatic N) is 4. The monoisotopic (exact) mass is 232 g/mol. The molecule has 1 aromatic heterocycles. The Morgan fingerprint density at radius 2 is 2.24 bits per heavy atom. The molecule has 1 aliphatic rings. The Labute approximate surface area is 97.8 Å². The van der Waals surface area contributed by atoms with Gasteiger partial charge in [0.1, 0.15) is 0 Å². The first-order valence-electron chi connectivity index (χ1n) is 5.40. The van der Waals surface area contributed by atoms with E-state index in [9.17, 15) is 5.11 Å². The molecule has 0 amide bonds. The van der Waals surface area contributed by atoms with Crippen LogP contribution in [-0.2, 0) is 10.5 Å². The molecule has 1 fully saturated rings. The van der Waals surface area contributed by atoms with Crippen LogP contribution in [0, 0.1) is 0 Å². The van der Waals surface area contributed by atoms with Crippen molar-refractivity contribution in [1.29, 1.82) is 0 Å². The predicted molar refractivity (Wildman–Crippen MR) is 58.0 cm³/mol. The number of aliphatic hydroxyl groups excluding tert-OH is 1. The Morgan fingerprint density at radius 1 is 1.41 bits per heavy atom. The number of aromatic nitrogens is 4. The Balaban J connectivity index is 1.98. The average Bonchev–Trinajstić information content (AvgIpc) is 2.85. The van der Waals surface area contributed by atoms with Crippen molar-refractivity contribution in [3.8, 4) is 0 Å². The highest BCUT2D eigenvalue weighted by Crippen LogP contribution is 2.43. The van der Waals surface area contributed by atoms with Gasteiger partial charge in [-0.25, -0.2) is 0 Å². The Hall–Kier alpha value is -1.79. The van der Waals surface area contributed by atoms with Crippen LogP contribution in [0.1, 0.15) is 11.5 Å². The number of benzene rings is 1. The van der Waals surface area contributed by atoms with Crippen LogP contribution >= 0.6 is 0 Å². The van der Waals surface area contributed by atoms with Crippen molar-refractivity contribution < 1.29 is 9.84 Å². The lowest BCUT2D eigenvalue weighted by atomic mass is 9.85. The summed E-state index contributed by atoms with van der Waals surface area (Å²) in [4.78, 5) is 1.34. The van der Waals surface area contributed by atoms with E-state index in [1.807, 2.05) is 30.3 Å². The van der Waals surface area contributed by atoms with Crippen molar-refractivity contribution in [1.82, 2.24) is 20.2 Å². The average molecular weight is 232 g/mol. The molecule has 1 saturated heterocycles. The fourth-order valence-corrected chi connectivity index (χ4v) is 2.16. The minimum atomic E-state index is -0.905. The van der Waals surface area contributed by atoms with Gasteiger partial charge in [-0.15, -0.1) is 15.0 Å². The van der Waals surface area contributed by atoms with Crippen molar-refractivity contribution in [3.63, 3.8) is 0 Å². The molecule has 0 saturated carbocycles. The van der Waals surface area contributed by atoms with Gasteiger partial charge in [-0.05, 0) is 10.8 Å². The second-order valence-electron chi connectivity index (χ2n) is 4.00. The fourth-order valence-electron chi connectivity index (χ4n) is 2.16. The largest absolute Gasteiger partial charge is 0.391 e. The third-order valence-corrected chi connectivity index (χ3v) is 3.16. The zero-order valence-electron chi connectivity index (χ0n) is 9.10. The lowest BCUT2D eigenvalue weighted by Gasteiger charge is -2.46. The van der Waals surface area contributed by atoms with Crippen molar-refractivity contribution in [2.24, 2.45) is 0 Å². The molecule has 6 heteroatoms. The van der Waals surface area contributed by atoms with Gasteiger partial charge < -0.3 is 9.84 Å². The summed E-state index contributed by atoms with van der Waals surface area (Å²) in [7, 11) is 0. The summed E-state index contributed by atoms with van der Waals surface area (Å²) in [5.74, 6) is 0.0444. The zero-order valence-corrected chi connectivity index (χ0v) is 9.10. The highest BCUT2D eigenvalue weighted by atomic mass is 16.6. The maximum Gasteiger partial charge on any atom is 0.213 e. The molecule has 17 heavy (non-hydrogen) atoms. The predicted octanol–water partition coefficient (Wildman–Crippen LogP) is 0.132. The van der Waals surface area contributed by atoms with Gasteiger partial charge in [0, 0.05) is 0 Å². The summed E-state index contributed by atoms with van der Waals surface area (Å²) in [5, 5.41) is 21.0. The molecule has 6 nitrogen and oxygen atoms in total. The number of tetrazole rings is 1. The van der Waals surface area contributed by atoms with E-state index in [0.29, 0.717) is 6.61 Å². The Kier molecular flexibility index (Phi) is 2.38. The van der Waals surface area contributed by atoms with Crippen LogP contribution in [0.2, 0.25) is 0 Å². The Bertz CT molecular complexity index is 483. The number of aliphatic hydroxyl groups is 1. The van der Waals surface area contributed by atoms with Crippen LogP contribution in [0.3, 0.4) is 0 Å². The molecule has 1 aromatic carbocycles. The first-order chi connectivity index (χ1) is 8.37. The minimum absolute atomic E-state index is 0.0444. The quantitative estimate of drug-likeness (QED) is 0.814. The molecule has 1 aliphatic heterocycles. The summed E-state index contributed by atoms with van der Waals surface area (Å²) < 4.78 is 5.53. The standard InChI is InChI=1S/C11H12N4O2/c16-7-11(15-13-8-12-14-15)10(6-17-11)9-4-2-1-3-5-9/h1-5,8,10,16H,6-7H2. The highest BCUT2D eigenvalue weighted by Gasteiger charge is 2.52. The van der Waals surface area contributed by atoms with E-state index in [1.165, 1.54) is 11.1 Å². The maximum absolute atomic E-state index is 9.59. The normalized spacial score (nSPS) is 27.7. The van der Waals surface area contributed by atoms with Crippen molar-refractivity contribution in [2.75, 3.05) is 13.2 Å². The van der Waals surface area contributed by atoms with Crippen molar-refractivity contribution in [2.45, 2.75) is 11.6 Å². The van der Waals surface area contributed by atoms with Gasteiger partial charge in [-0.2, -0.15) is 0 Å². The maximum atomic E-state index is 9.59. The number of rotatable bonds is 3. The molecule has 0 bridgehead atoms. The molecule has 1 N–H and O–H groups in total. The summed E-state index contributed by atoms with van der Waals surface area (Å²) in [6.07, 6.45) is 1.33. The van der Waals surface area contributed by atoms with Gasteiger partial charge in [0.15, 0.2) is 6.33 Å². The van der Waals surface area contributed by atoms with Gasteiger partial charge in [-0.1, -0.05) is 30.3 Å². The molecule has 2 aromatic rings. The summed E-state index contributed by atoms with van der Waals surface area (Å²) >= 11 is 0. The van der Waals surface area contributed by atoms with Gasteiger partial charge >= 0.3 is 0 Å². The van der Waals surface area contributed by atoms with Gasteiger partial charge in [0.05, 0.1) is 19.1 Å². The van der Waals surface area contributed by atoms with E-state index in [4.69, 9.17) is 4.74 Å². The van der Waals surface area contributed by atoms with E-state index < -0.39 is 5.72 Å². The topological polar surface area (TPSA) is 73.1 Å². The zero-order chi connectivity index (χ0) is 11.7. The molecular weight excluding hydrogens is 220 g/mol. The number of hydrogen-bond acceptors (Lipinski definition) is 5. The van der Waals surface area contributed by atoms with E-state index >= 15 is 0 Å². The summed E-state index contributed by atoms with van der Waals surface area (Å²) in [6.45, 7) is 0.370. The van der Waals surface area contributed by atoms with Gasteiger partial charge in [0.2, 0.25) is 5.72 Å². The smallest absolute Gasteiger partial charge is 0.213 e. The molecular formula is C11H12N4O2. The van der Waals surface area contributed by atoms with Gasteiger partial charge in [0.25, 0.3) is 0 Å². The lowest BCUT2D eigenvalue weighted by molar-refractivity contribution is -0.259. The molecule has 88 valence electrons. The molecule has 0 spiro atoms. The van der Waals surface area contributed by atoms with Crippen LogP contribution < -0.4 is 0 Å². The van der Waals surface area contributed by atoms with E-state index in [2.05, 4.69) is 15.4 Å². The molecule has 2 atom stereocenters. The molecule has 2 unspecified atom stereocenters. The van der Waals surface area contributed by atoms with Crippen LogP contribution in [0.4, 0.5) is 0 Å². The van der Waals surface area contributed by atoms with Crippen molar-refractivity contribution >= 4 is 0 Å². The van der Waals surface area contributed by atoms with Crippen molar-refractivity contribution in [3.05, 3.63) is 42.2 Å². The lowest BCUT2D eigenvalue weighted by Crippen LogP contribution is -2.57. The second kappa shape index (κ2) is 3.90. The van der Waals surface area contributed by atoms with Crippen LogP contribution in [0.25, 0.3) is 0 Å². The van der Waals surface area contributed by atoms with Crippen LogP contribution in [0.5, 0.6) is 0 Å².